The van der Waals surface area contributed by atoms with E-state index in [-0.39, 0.29) is 12.1 Å². The Morgan fingerprint density at radius 2 is 1.69 bits per heavy atom. The second-order valence-electron chi connectivity index (χ2n) is 7.08. The van der Waals surface area contributed by atoms with Crippen molar-refractivity contribution in [1.82, 2.24) is 5.32 Å². The van der Waals surface area contributed by atoms with E-state index in [1.165, 1.54) is 21.3 Å². The predicted molar refractivity (Wildman–Crippen MR) is 106 cm³/mol. The SMILES string of the molecule is COc1cc(N2C(=O)N[C@H]3C[C@@]2(C)Oc2c(OC)cccc23)cc(OC)c1OC. The van der Waals surface area contributed by atoms with Gasteiger partial charge < -0.3 is 29.0 Å². The van der Waals surface area contributed by atoms with Crippen LogP contribution in [0.2, 0.25) is 0 Å². The zero-order chi connectivity index (χ0) is 20.8. The van der Waals surface area contributed by atoms with Crippen molar-refractivity contribution in [2.24, 2.45) is 0 Å². The lowest BCUT2D eigenvalue weighted by atomic mass is 9.90. The van der Waals surface area contributed by atoms with E-state index < -0.39 is 5.72 Å². The van der Waals surface area contributed by atoms with Gasteiger partial charge in [-0.1, -0.05) is 12.1 Å². The monoisotopic (exact) mass is 400 g/mol. The van der Waals surface area contributed by atoms with Gasteiger partial charge in [-0.25, -0.2) is 4.79 Å². The summed E-state index contributed by atoms with van der Waals surface area (Å²) >= 11 is 0. The Morgan fingerprint density at radius 3 is 2.28 bits per heavy atom. The van der Waals surface area contributed by atoms with E-state index in [0.717, 1.165) is 5.56 Å². The molecule has 0 aromatic heterocycles. The predicted octanol–water partition coefficient (Wildman–Crippen LogP) is 3.49. The topological polar surface area (TPSA) is 78.5 Å². The van der Waals surface area contributed by atoms with Crippen molar-refractivity contribution < 1.29 is 28.5 Å². The van der Waals surface area contributed by atoms with Gasteiger partial charge >= 0.3 is 6.03 Å². The molecule has 0 radical (unpaired) electrons. The van der Waals surface area contributed by atoms with E-state index in [1.807, 2.05) is 25.1 Å². The molecule has 8 nitrogen and oxygen atoms in total. The third kappa shape index (κ3) is 2.86. The summed E-state index contributed by atoms with van der Waals surface area (Å²) in [6.45, 7) is 1.89. The summed E-state index contributed by atoms with van der Waals surface area (Å²) in [4.78, 5) is 14.7. The van der Waals surface area contributed by atoms with Crippen LogP contribution in [0.15, 0.2) is 30.3 Å². The highest BCUT2D eigenvalue weighted by molar-refractivity contribution is 5.95. The molecule has 0 saturated carbocycles. The molecule has 154 valence electrons. The number of carbonyl (C=O) groups excluding carboxylic acids is 1. The Bertz CT molecular complexity index is 937. The number of hydrogen-bond acceptors (Lipinski definition) is 6. The molecule has 1 saturated heterocycles. The summed E-state index contributed by atoms with van der Waals surface area (Å²) < 4.78 is 28.2. The van der Waals surface area contributed by atoms with Gasteiger partial charge in [-0.15, -0.1) is 0 Å². The van der Waals surface area contributed by atoms with Gasteiger partial charge in [-0.05, 0) is 13.0 Å². The fourth-order valence-electron chi connectivity index (χ4n) is 4.11. The van der Waals surface area contributed by atoms with E-state index in [2.05, 4.69) is 5.32 Å². The van der Waals surface area contributed by atoms with Crippen LogP contribution in [0.3, 0.4) is 0 Å². The molecule has 8 heteroatoms. The lowest BCUT2D eigenvalue weighted by Gasteiger charge is -2.50. The van der Waals surface area contributed by atoms with E-state index >= 15 is 0 Å². The van der Waals surface area contributed by atoms with Gasteiger partial charge in [0.2, 0.25) is 5.75 Å². The maximum atomic E-state index is 13.1. The minimum absolute atomic E-state index is 0.176. The quantitative estimate of drug-likeness (QED) is 0.828. The summed E-state index contributed by atoms with van der Waals surface area (Å²) in [6.07, 6.45) is 0.565. The van der Waals surface area contributed by atoms with Crippen molar-refractivity contribution in [3.63, 3.8) is 0 Å². The molecular weight excluding hydrogens is 376 g/mol. The molecule has 2 aliphatic heterocycles. The van der Waals surface area contributed by atoms with Gasteiger partial charge in [-0.2, -0.15) is 0 Å². The van der Waals surface area contributed by atoms with Crippen molar-refractivity contribution in [2.45, 2.75) is 25.1 Å². The Hall–Kier alpha value is -3.29. The van der Waals surface area contributed by atoms with E-state index in [9.17, 15) is 4.79 Å². The number of urea groups is 1. The van der Waals surface area contributed by atoms with Crippen LogP contribution in [0.4, 0.5) is 10.5 Å². The average molecular weight is 400 g/mol. The Kier molecular flexibility index (Phi) is 4.56. The Morgan fingerprint density at radius 1 is 1.03 bits per heavy atom. The summed E-state index contributed by atoms with van der Waals surface area (Å²) in [6, 6.07) is 8.69. The molecule has 1 fully saturated rings. The molecule has 0 spiro atoms. The van der Waals surface area contributed by atoms with Crippen LogP contribution in [0.1, 0.15) is 24.9 Å². The first kappa shape index (κ1) is 19.0. The van der Waals surface area contributed by atoms with E-state index in [0.29, 0.717) is 40.9 Å². The van der Waals surface area contributed by atoms with Crippen LogP contribution in [0.25, 0.3) is 0 Å². The minimum Gasteiger partial charge on any atom is -0.493 e. The molecule has 2 aromatic rings. The van der Waals surface area contributed by atoms with Crippen LogP contribution < -0.4 is 33.9 Å². The third-order valence-corrected chi connectivity index (χ3v) is 5.39. The molecule has 2 aromatic carbocycles. The maximum Gasteiger partial charge on any atom is 0.325 e. The third-order valence-electron chi connectivity index (χ3n) is 5.39. The number of nitrogens with one attached hydrogen (secondary N) is 1. The van der Waals surface area contributed by atoms with Crippen molar-refractivity contribution in [2.75, 3.05) is 33.3 Å². The van der Waals surface area contributed by atoms with Gasteiger partial charge in [0.25, 0.3) is 0 Å². The molecule has 0 aliphatic carbocycles. The molecule has 4 rings (SSSR count). The van der Waals surface area contributed by atoms with Gasteiger partial charge in [-0.3, -0.25) is 4.90 Å². The summed E-state index contributed by atoms with van der Waals surface area (Å²) in [5.74, 6) is 2.62. The summed E-state index contributed by atoms with van der Waals surface area (Å²) in [5, 5.41) is 3.07. The lowest BCUT2D eigenvalue weighted by molar-refractivity contribution is 0.0349. The van der Waals surface area contributed by atoms with Crippen LogP contribution in [-0.4, -0.2) is 40.2 Å². The summed E-state index contributed by atoms with van der Waals surface area (Å²) in [5.41, 5.74) is 0.537. The normalized spacial score (nSPS) is 22.2. The number of anilines is 1. The highest BCUT2D eigenvalue weighted by Gasteiger charge is 2.51. The van der Waals surface area contributed by atoms with Crippen molar-refractivity contribution >= 4 is 11.7 Å². The Labute approximate surface area is 169 Å². The van der Waals surface area contributed by atoms with Crippen LogP contribution >= 0.6 is 0 Å². The molecule has 2 heterocycles. The highest BCUT2D eigenvalue weighted by Crippen LogP contribution is 2.50. The fraction of sp³-hybridized carbons (Fsp3) is 0.381. The first-order valence-electron chi connectivity index (χ1n) is 9.22. The zero-order valence-electron chi connectivity index (χ0n) is 17.1. The minimum atomic E-state index is -0.931. The molecule has 0 unspecified atom stereocenters. The van der Waals surface area contributed by atoms with Gasteiger partial charge in [0.1, 0.15) is 0 Å². The van der Waals surface area contributed by atoms with Crippen LogP contribution in [0.5, 0.6) is 28.7 Å². The number of benzene rings is 2. The summed E-state index contributed by atoms with van der Waals surface area (Å²) in [7, 11) is 6.20. The fourth-order valence-corrected chi connectivity index (χ4v) is 4.11. The largest absolute Gasteiger partial charge is 0.493 e. The first-order chi connectivity index (χ1) is 14.0. The molecule has 2 bridgehead atoms. The number of rotatable bonds is 5. The molecule has 2 amide bonds. The molecular formula is C21H24N2O6. The van der Waals surface area contributed by atoms with Crippen molar-refractivity contribution in [1.29, 1.82) is 0 Å². The zero-order valence-corrected chi connectivity index (χ0v) is 17.1. The number of fused-ring (bicyclic) bond motifs is 4. The van der Waals surface area contributed by atoms with Crippen molar-refractivity contribution in [3.05, 3.63) is 35.9 Å². The van der Waals surface area contributed by atoms with E-state index in [4.69, 9.17) is 23.7 Å². The highest BCUT2D eigenvalue weighted by atomic mass is 16.5. The molecule has 2 aliphatic rings. The number of methoxy groups -OCH3 is 4. The second-order valence-corrected chi connectivity index (χ2v) is 7.08. The smallest absolute Gasteiger partial charge is 0.325 e. The Balaban J connectivity index is 1.83. The number of hydrogen-bond donors (Lipinski definition) is 1. The molecule has 29 heavy (non-hydrogen) atoms. The van der Waals surface area contributed by atoms with Crippen molar-refractivity contribution in [3.8, 4) is 28.7 Å². The average Bonchev–Trinajstić information content (AvgIpc) is 2.71. The maximum absolute atomic E-state index is 13.1. The number of amides is 2. The van der Waals surface area contributed by atoms with Crippen LogP contribution in [-0.2, 0) is 0 Å². The van der Waals surface area contributed by atoms with Gasteiger partial charge in [0, 0.05) is 24.1 Å². The van der Waals surface area contributed by atoms with Crippen LogP contribution in [0, 0.1) is 0 Å². The van der Waals surface area contributed by atoms with Gasteiger partial charge in [0.15, 0.2) is 28.7 Å². The first-order valence-corrected chi connectivity index (χ1v) is 9.22. The van der Waals surface area contributed by atoms with E-state index in [1.54, 1.807) is 24.1 Å². The number of para-hydroxylation sites is 1. The standard InChI is InChI=1S/C21H24N2O6/c1-21-11-14(13-7-6-8-15(25-2)18(13)29-21)22-20(24)23(21)12-9-16(26-3)19(28-5)17(10-12)27-4/h6-10,14H,11H2,1-5H3,(H,22,24)/t14-,21+/m0/s1. The molecule has 2 atom stereocenters. The second kappa shape index (κ2) is 6.95. The number of nitrogens with zero attached hydrogens (tertiary/aromatic N) is 1. The van der Waals surface area contributed by atoms with Gasteiger partial charge in [0.05, 0.1) is 40.2 Å². The lowest BCUT2D eigenvalue weighted by Crippen LogP contribution is -2.65. The number of carbonyl (C=O) groups is 1. The molecule has 1 N–H and O–H groups in total. The number of ether oxygens (including phenoxy) is 5.